The number of halogens is 3. The van der Waals surface area contributed by atoms with Crippen LogP contribution in [0.2, 0.25) is 0 Å². The first kappa shape index (κ1) is 26.8. The van der Waals surface area contributed by atoms with Crippen LogP contribution in [0.15, 0.2) is 48.7 Å². The average Bonchev–Trinajstić information content (AvgIpc) is 3.47. The summed E-state index contributed by atoms with van der Waals surface area (Å²) < 4.78 is 54.0. The maximum atomic E-state index is 13.8. The van der Waals surface area contributed by atoms with Gasteiger partial charge in [0.05, 0.1) is 30.9 Å². The number of ether oxygens (including phenoxy) is 2. The van der Waals surface area contributed by atoms with Crippen molar-refractivity contribution < 1.29 is 42.8 Å². The molecule has 2 aliphatic heterocycles. The number of nitrogens with zero attached hydrogens (tertiary/aromatic N) is 3. The lowest BCUT2D eigenvalue weighted by atomic mass is 9.85. The van der Waals surface area contributed by atoms with Crippen LogP contribution in [0, 0.1) is 17.5 Å². The van der Waals surface area contributed by atoms with Gasteiger partial charge in [-0.3, -0.25) is 4.79 Å². The van der Waals surface area contributed by atoms with Crippen LogP contribution in [0.5, 0.6) is 0 Å². The maximum Gasteiger partial charge on any atom is 0.231 e. The number of hydrogen-bond acceptors (Lipinski definition) is 8. The minimum Gasteiger partial charge on any atom is -0.394 e. The van der Waals surface area contributed by atoms with Gasteiger partial charge in [-0.25, -0.2) is 17.9 Å². The molecule has 3 fully saturated rings. The van der Waals surface area contributed by atoms with Gasteiger partial charge in [0.25, 0.3) is 0 Å². The van der Waals surface area contributed by atoms with Crippen LogP contribution in [-0.2, 0) is 19.7 Å². The number of aromatic nitrogens is 3. The fourth-order valence-corrected chi connectivity index (χ4v) is 5.77. The topological polar surface area (TPSA) is 139 Å². The molecule has 13 heteroatoms. The van der Waals surface area contributed by atoms with Gasteiger partial charge in [0.2, 0.25) is 11.7 Å². The standard InChI is InChI=1S/C27H27F3N4O6/c28-16-10-14(11-17(29)21(16)30)18-12-34(33-32-18)22-23(36)19(13-35)40-27(24(22)37)20(6-9-39-27)31-25(38)26(7-8-26)15-4-2-1-3-5-15/h1-5,10-12,19-20,22-24,35-37H,6-9,13H2,(H,31,38)/t19-,20-,22+,23+,24-,27+/m1/s1. The van der Waals surface area contributed by atoms with E-state index < -0.39 is 65.7 Å². The van der Waals surface area contributed by atoms with Crippen LogP contribution in [0.1, 0.15) is 30.9 Å². The molecule has 6 atom stereocenters. The van der Waals surface area contributed by atoms with Crippen molar-refractivity contribution in [3.8, 4) is 11.3 Å². The molecule has 0 radical (unpaired) electrons. The lowest BCUT2D eigenvalue weighted by Gasteiger charge is -2.49. The van der Waals surface area contributed by atoms with E-state index in [2.05, 4.69) is 15.6 Å². The van der Waals surface area contributed by atoms with E-state index in [4.69, 9.17) is 9.47 Å². The number of hydrogen-bond donors (Lipinski definition) is 4. The summed E-state index contributed by atoms with van der Waals surface area (Å²) in [5.41, 5.74) is -0.0181. The lowest BCUT2D eigenvalue weighted by Crippen LogP contribution is -2.69. The third kappa shape index (κ3) is 4.20. The van der Waals surface area contributed by atoms with E-state index in [1.165, 1.54) is 6.20 Å². The van der Waals surface area contributed by atoms with Gasteiger partial charge in [-0.1, -0.05) is 35.5 Å². The van der Waals surface area contributed by atoms with E-state index in [0.29, 0.717) is 12.8 Å². The highest BCUT2D eigenvalue weighted by atomic mass is 19.2. The van der Waals surface area contributed by atoms with Crippen LogP contribution >= 0.6 is 0 Å². The Bertz CT molecular complexity index is 1400. The molecule has 40 heavy (non-hydrogen) atoms. The van der Waals surface area contributed by atoms with Gasteiger partial charge in [-0.15, -0.1) is 5.10 Å². The van der Waals surface area contributed by atoms with Crippen LogP contribution in [0.3, 0.4) is 0 Å². The zero-order valence-corrected chi connectivity index (χ0v) is 21.1. The van der Waals surface area contributed by atoms with Gasteiger partial charge < -0.3 is 30.1 Å². The first-order chi connectivity index (χ1) is 19.2. The highest BCUT2D eigenvalue weighted by Crippen LogP contribution is 2.49. The molecule has 10 nitrogen and oxygen atoms in total. The summed E-state index contributed by atoms with van der Waals surface area (Å²) in [5, 5.41) is 43.4. The van der Waals surface area contributed by atoms with Crippen molar-refractivity contribution in [2.75, 3.05) is 13.2 Å². The SMILES string of the molecule is O=C(N[C@@H]1CCO[C@]12O[C@H](CO)[C@H](O)[C@H](n1cc(-c3cc(F)c(F)c(F)c3)nn1)[C@H]2O)C1(c2ccccc2)CC1. The molecule has 1 amide bonds. The van der Waals surface area contributed by atoms with Crippen molar-refractivity contribution >= 4 is 5.91 Å². The first-order valence-corrected chi connectivity index (χ1v) is 12.9. The smallest absolute Gasteiger partial charge is 0.231 e. The Morgan fingerprint density at radius 2 is 1.82 bits per heavy atom. The van der Waals surface area contributed by atoms with Crippen molar-refractivity contribution in [1.82, 2.24) is 20.3 Å². The van der Waals surface area contributed by atoms with Gasteiger partial charge in [-0.05, 0) is 37.0 Å². The van der Waals surface area contributed by atoms with Crippen LogP contribution < -0.4 is 5.32 Å². The van der Waals surface area contributed by atoms with E-state index in [1.807, 2.05) is 30.3 Å². The second kappa shape index (κ2) is 9.93. The van der Waals surface area contributed by atoms with Gasteiger partial charge in [-0.2, -0.15) is 0 Å². The molecule has 1 spiro atoms. The minimum atomic E-state index is -1.85. The molecule has 3 heterocycles. The van der Waals surface area contributed by atoms with Crippen molar-refractivity contribution in [3.05, 3.63) is 71.7 Å². The Kier molecular flexibility index (Phi) is 6.66. The third-order valence-corrected chi connectivity index (χ3v) is 8.11. The lowest BCUT2D eigenvalue weighted by molar-refractivity contribution is -0.345. The molecule has 3 aliphatic rings. The highest BCUT2D eigenvalue weighted by molar-refractivity contribution is 5.91. The second-order valence-electron chi connectivity index (χ2n) is 10.4. The van der Waals surface area contributed by atoms with E-state index >= 15 is 0 Å². The van der Waals surface area contributed by atoms with Crippen LogP contribution in [-0.4, -0.2) is 79.6 Å². The average molecular weight is 561 g/mol. The summed E-state index contributed by atoms with van der Waals surface area (Å²) in [7, 11) is 0. The normalized spacial score (nSPS) is 30.9. The molecule has 4 N–H and O–H groups in total. The molecule has 3 aromatic rings. The molecule has 1 saturated carbocycles. The fourth-order valence-electron chi connectivity index (χ4n) is 5.77. The summed E-state index contributed by atoms with van der Waals surface area (Å²) in [6, 6.07) is 8.69. The number of carbonyl (C=O) groups excluding carboxylic acids is 1. The number of aliphatic hydroxyl groups excluding tert-OH is 3. The van der Waals surface area contributed by atoms with E-state index in [0.717, 1.165) is 22.4 Å². The summed E-state index contributed by atoms with van der Waals surface area (Å²) >= 11 is 0. The predicted molar refractivity (Wildman–Crippen MR) is 131 cm³/mol. The van der Waals surface area contributed by atoms with Crippen molar-refractivity contribution in [3.63, 3.8) is 0 Å². The van der Waals surface area contributed by atoms with Crippen molar-refractivity contribution in [1.29, 1.82) is 0 Å². The molecule has 6 rings (SSSR count). The molecule has 1 aromatic heterocycles. The zero-order chi connectivity index (χ0) is 28.2. The zero-order valence-electron chi connectivity index (χ0n) is 21.1. The number of carbonyl (C=O) groups is 1. The predicted octanol–water partition coefficient (Wildman–Crippen LogP) is 1.35. The van der Waals surface area contributed by atoms with Crippen molar-refractivity contribution in [2.24, 2.45) is 0 Å². The number of rotatable bonds is 6. The van der Waals surface area contributed by atoms with Crippen LogP contribution in [0.25, 0.3) is 11.3 Å². The van der Waals surface area contributed by atoms with E-state index in [-0.39, 0.29) is 30.2 Å². The minimum absolute atomic E-state index is 0.0611. The summed E-state index contributed by atoms with van der Waals surface area (Å²) in [6.45, 7) is -0.544. The summed E-state index contributed by atoms with van der Waals surface area (Å²) in [6.07, 6.45) is -1.58. The first-order valence-electron chi connectivity index (χ1n) is 12.9. The monoisotopic (exact) mass is 560 g/mol. The quantitative estimate of drug-likeness (QED) is 0.332. The maximum absolute atomic E-state index is 13.8. The van der Waals surface area contributed by atoms with E-state index in [9.17, 15) is 33.3 Å². The molecule has 1 aliphatic carbocycles. The Labute approximate surface area is 226 Å². The highest BCUT2D eigenvalue weighted by Gasteiger charge is 2.63. The van der Waals surface area contributed by atoms with Gasteiger partial charge in [0.1, 0.15) is 30.0 Å². The number of amides is 1. The van der Waals surface area contributed by atoms with Crippen molar-refractivity contribution in [2.45, 2.75) is 60.9 Å². The second-order valence-corrected chi connectivity index (χ2v) is 10.4. The van der Waals surface area contributed by atoms with Crippen LogP contribution in [0.4, 0.5) is 13.2 Å². The Morgan fingerprint density at radius 3 is 2.48 bits per heavy atom. The Balaban J connectivity index is 1.30. The number of nitrogens with one attached hydrogen (secondary N) is 1. The molecule has 2 aromatic carbocycles. The number of benzene rings is 2. The summed E-state index contributed by atoms with van der Waals surface area (Å²) in [4.78, 5) is 13.5. The number of aliphatic hydroxyl groups is 3. The molecule has 212 valence electrons. The molecular weight excluding hydrogens is 533 g/mol. The summed E-state index contributed by atoms with van der Waals surface area (Å²) in [5.74, 6) is -6.57. The molecular formula is C27H27F3N4O6. The van der Waals surface area contributed by atoms with Gasteiger partial charge >= 0.3 is 0 Å². The Morgan fingerprint density at radius 1 is 1.12 bits per heavy atom. The van der Waals surface area contributed by atoms with Gasteiger partial charge in [0, 0.05) is 5.56 Å². The molecule has 0 unspecified atom stereocenters. The molecule has 0 bridgehead atoms. The fraction of sp³-hybridized carbons (Fsp3) is 0.444. The largest absolute Gasteiger partial charge is 0.394 e. The van der Waals surface area contributed by atoms with E-state index in [1.54, 1.807) is 0 Å². The molecule has 2 saturated heterocycles. The third-order valence-electron chi connectivity index (χ3n) is 8.11. The Hall–Kier alpha value is -3.36. The van der Waals surface area contributed by atoms with Gasteiger partial charge in [0.15, 0.2) is 17.5 Å².